The number of nitrogens with one attached hydrogen (secondary N) is 1. The first-order valence-corrected chi connectivity index (χ1v) is 3.42. The summed E-state index contributed by atoms with van der Waals surface area (Å²) in [4.78, 5) is 25.0. The third kappa shape index (κ3) is 1.47. The summed E-state index contributed by atoms with van der Waals surface area (Å²) in [5.41, 5.74) is 0.301. The second kappa shape index (κ2) is 3.61. The zero-order valence-corrected chi connectivity index (χ0v) is 6.57. The minimum absolute atomic E-state index is 0.276. The molecule has 12 heavy (non-hydrogen) atoms. The maximum Gasteiger partial charge on any atom is 0.229 e. The van der Waals surface area contributed by atoms with Gasteiger partial charge in [-0.2, -0.15) is 0 Å². The van der Waals surface area contributed by atoms with Gasteiger partial charge in [0.05, 0.1) is 5.56 Å². The Bertz CT molecular complexity index is 310. The van der Waals surface area contributed by atoms with Crippen molar-refractivity contribution in [2.24, 2.45) is 0 Å². The van der Waals surface area contributed by atoms with Crippen LogP contribution in [0.5, 0.6) is 0 Å². The van der Waals surface area contributed by atoms with Crippen LogP contribution < -0.4 is 5.32 Å². The molecule has 0 aliphatic rings. The predicted molar refractivity (Wildman–Crippen MR) is 44.2 cm³/mol. The van der Waals surface area contributed by atoms with Crippen LogP contribution in [0, 0.1) is 0 Å². The Morgan fingerprint density at radius 2 is 2.42 bits per heavy atom. The van der Waals surface area contributed by atoms with E-state index in [2.05, 4.69) is 10.3 Å². The summed E-state index contributed by atoms with van der Waals surface area (Å²) in [6, 6.07) is 3.16. The van der Waals surface area contributed by atoms with E-state index >= 15 is 0 Å². The van der Waals surface area contributed by atoms with Crippen LogP contribution >= 0.6 is 0 Å². The first-order chi connectivity index (χ1) is 5.79. The average Bonchev–Trinajstić information content (AvgIpc) is 2.16. The lowest BCUT2D eigenvalue weighted by molar-refractivity contribution is -0.104. The molecule has 0 amide bonds. The van der Waals surface area contributed by atoms with E-state index in [0.717, 1.165) is 0 Å². The van der Waals surface area contributed by atoms with E-state index in [1.165, 1.54) is 0 Å². The van der Waals surface area contributed by atoms with Gasteiger partial charge in [-0.15, -0.1) is 0 Å². The van der Waals surface area contributed by atoms with Crippen molar-refractivity contribution >= 4 is 17.9 Å². The molecule has 0 aromatic carbocycles. The number of carbonyl (C=O) groups excluding carboxylic acids is 2. The number of aldehydes is 1. The summed E-state index contributed by atoms with van der Waals surface area (Å²) in [7, 11) is 1.64. The zero-order chi connectivity index (χ0) is 8.97. The fourth-order valence-corrected chi connectivity index (χ4v) is 0.867. The van der Waals surface area contributed by atoms with Gasteiger partial charge < -0.3 is 5.32 Å². The summed E-state index contributed by atoms with van der Waals surface area (Å²) in [6.07, 6.45) is 1.82. The Hall–Kier alpha value is -1.71. The summed E-state index contributed by atoms with van der Waals surface area (Å²) in [6.45, 7) is 0. The molecule has 0 unspecified atom stereocenters. The number of carbonyl (C=O) groups is 2. The molecule has 1 rings (SSSR count). The third-order valence-electron chi connectivity index (χ3n) is 1.42. The Morgan fingerprint density at radius 3 is 3.00 bits per heavy atom. The van der Waals surface area contributed by atoms with Crippen LogP contribution in [-0.4, -0.2) is 24.1 Å². The Balaban J connectivity index is 3.13. The monoisotopic (exact) mass is 164 g/mol. The van der Waals surface area contributed by atoms with Crippen molar-refractivity contribution in [3.8, 4) is 0 Å². The van der Waals surface area contributed by atoms with E-state index in [0.29, 0.717) is 11.4 Å². The molecule has 0 fully saturated rings. The van der Waals surface area contributed by atoms with E-state index in [9.17, 15) is 9.59 Å². The molecule has 0 saturated heterocycles. The van der Waals surface area contributed by atoms with E-state index in [1.54, 1.807) is 25.4 Å². The number of rotatable bonds is 3. The van der Waals surface area contributed by atoms with Crippen molar-refractivity contribution in [2.45, 2.75) is 0 Å². The second-order valence-corrected chi connectivity index (χ2v) is 2.13. The van der Waals surface area contributed by atoms with E-state index in [-0.39, 0.29) is 6.29 Å². The molecular formula is C8H8N2O2. The van der Waals surface area contributed by atoms with Gasteiger partial charge in [0.15, 0.2) is 6.29 Å². The molecule has 0 saturated carbocycles. The first kappa shape index (κ1) is 8.39. The number of hydrogen-bond acceptors (Lipinski definition) is 4. The summed E-state index contributed by atoms with van der Waals surface area (Å²) in [5.74, 6) is -0.137. The van der Waals surface area contributed by atoms with Crippen LogP contribution in [0.15, 0.2) is 18.3 Å². The first-order valence-electron chi connectivity index (χ1n) is 3.42. The quantitative estimate of drug-likeness (QED) is 0.401. The van der Waals surface area contributed by atoms with Crippen molar-refractivity contribution < 1.29 is 9.59 Å². The molecule has 1 aromatic rings. The Kier molecular flexibility index (Phi) is 2.53. The van der Waals surface area contributed by atoms with Gasteiger partial charge in [0.2, 0.25) is 5.78 Å². The number of hydrogen-bond donors (Lipinski definition) is 1. The van der Waals surface area contributed by atoms with Gasteiger partial charge in [0, 0.05) is 13.2 Å². The molecule has 62 valence electrons. The number of Topliss-reactive ketones (excluding diaryl/α,β-unsaturated/α-hetero) is 1. The van der Waals surface area contributed by atoms with Gasteiger partial charge >= 0.3 is 0 Å². The van der Waals surface area contributed by atoms with Crippen LogP contribution in [-0.2, 0) is 4.79 Å². The zero-order valence-electron chi connectivity index (χ0n) is 6.57. The van der Waals surface area contributed by atoms with Crippen LogP contribution in [0.2, 0.25) is 0 Å². The van der Waals surface area contributed by atoms with Crippen molar-refractivity contribution in [1.29, 1.82) is 0 Å². The second-order valence-electron chi connectivity index (χ2n) is 2.13. The molecule has 0 aliphatic heterocycles. The minimum Gasteiger partial charge on any atom is -0.373 e. The highest BCUT2D eigenvalue weighted by atomic mass is 16.2. The van der Waals surface area contributed by atoms with E-state index in [4.69, 9.17) is 0 Å². The Morgan fingerprint density at radius 1 is 1.67 bits per heavy atom. The fraction of sp³-hybridized carbons (Fsp3) is 0.125. The highest BCUT2D eigenvalue weighted by Gasteiger charge is 2.08. The van der Waals surface area contributed by atoms with Crippen molar-refractivity contribution in [1.82, 2.24) is 4.98 Å². The lowest BCUT2D eigenvalue weighted by Crippen LogP contribution is -2.05. The number of anilines is 1. The minimum atomic E-state index is -0.563. The molecule has 0 aliphatic carbocycles. The standard InChI is InChI=1S/C8H8N2O2/c1-9-8-6(7(12)5-11)3-2-4-10-8/h2-5H,1H3,(H,9,10). The third-order valence-corrected chi connectivity index (χ3v) is 1.42. The normalized spacial score (nSPS) is 9.08. The smallest absolute Gasteiger partial charge is 0.229 e. The lowest BCUT2D eigenvalue weighted by Gasteiger charge is -2.01. The van der Waals surface area contributed by atoms with Gasteiger partial charge in [-0.05, 0) is 12.1 Å². The van der Waals surface area contributed by atoms with Gasteiger partial charge in [-0.1, -0.05) is 0 Å². The van der Waals surface area contributed by atoms with Gasteiger partial charge in [-0.25, -0.2) is 4.98 Å². The predicted octanol–water partition coefficient (Wildman–Crippen LogP) is 0.505. The van der Waals surface area contributed by atoms with E-state index in [1.807, 2.05) is 0 Å². The molecule has 1 heterocycles. The number of aromatic nitrogens is 1. The molecule has 0 atom stereocenters. The molecule has 0 spiro atoms. The average molecular weight is 164 g/mol. The largest absolute Gasteiger partial charge is 0.373 e. The molecule has 0 radical (unpaired) electrons. The summed E-state index contributed by atoms with van der Waals surface area (Å²) < 4.78 is 0. The maximum atomic E-state index is 10.9. The van der Waals surface area contributed by atoms with Crippen LogP contribution in [0.4, 0.5) is 5.82 Å². The highest BCUT2D eigenvalue weighted by molar-refractivity contribution is 6.34. The van der Waals surface area contributed by atoms with Gasteiger partial charge in [-0.3, -0.25) is 9.59 Å². The van der Waals surface area contributed by atoms with Gasteiger partial charge in [0.1, 0.15) is 5.82 Å². The molecular weight excluding hydrogens is 156 g/mol. The lowest BCUT2D eigenvalue weighted by atomic mass is 10.2. The fourth-order valence-electron chi connectivity index (χ4n) is 0.867. The summed E-state index contributed by atoms with van der Waals surface area (Å²) >= 11 is 0. The number of ketones is 1. The van der Waals surface area contributed by atoms with Crippen LogP contribution in [0.25, 0.3) is 0 Å². The number of nitrogens with zero attached hydrogens (tertiary/aromatic N) is 1. The van der Waals surface area contributed by atoms with Crippen LogP contribution in [0.3, 0.4) is 0 Å². The van der Waals surface area contributed by atoms with Crippen molar-refractivity contribution in [2.75, 3.05) is 12.4 Å². The molecule has 4 heteroatoms. The molecule has 1 N–H and O–H groups in total. The maximum absolute atomic E-state index is 10.9. The van der Waals surface area contributed by atoms with Crippen LogP contribution in [0.1, 0.15) is 10.4 Å². The highest BCUT2D eigenvalue weighted by Crippen LogP contribution is 2.09. The molecule has 0 bridgehead atoms. The number of pyridine rings is 1. The molecule has 4 nitrogen and oxygen atoms in total. The van der Waals surface area contributed by atoms with E-state index < -0.39 is 5.78 Å². The summed E-state index contributed by atoms with van der Waals surface area (Å²) in [5, 5.41) is 2.72. The van der Waals surface area contributed by atoms with Gasteiger partial charge in [0.25, 0.3) is 0 Å². The topological polar surface area (TPSA) is 59.1 Å². The van der Waals surface area contributed by atoms with Crippen molar-refractivity contribution in [3.05, 3.63) is 23.9 Å². The van der Waals surface area contributed by atoms with Crippen molar-refractivity contribution in [3.63, 3.8) is 0 Å². The Labute approximate surface area is 69.6 Å². The SMILES string of the molecule is CNc1ncccc1C(=O)C=O. The molecule has 1 aromatic heterocycles.